The molecule has 0 amide bonds. The van der Waals surface area contributed by atoms with Gasteiger partial charge in [-0.2, -0.15) is 5.26 Å². The molecular formula is C13H14F2N2O2. The minimum atomic E-state index is -1.12. The second kappa shape index (κ2) is 5.65. The molecule has 0 aromatic heterocycles. The zero-order valence-corrected chi connectivity index (χ0v) is 10.6. The maximum atomic E-state index is 13.6. The Labute approximate surface area is 109 Å². The molecule has 1 aromatic carbocycles. The van der Waals surface area contributed by atoms with Crippen LogP contribution >= 0.6 is 0 Å². The van der Waals surface area contributed by atoms with Gasteiger partial charge in [0, 0.05) is 6.54 Å². The number of nitrogens with one attached hydrogen (secondary N) is 1. The normalized spacial score (nSPS) is 13.4. The molecule has 0 saturated carbocycles. The van der Waals surface area contributed by atoms with E-state index in [0.717, 1.165) is 12.1 Å². The van der Waals surface area contributed by atoms with Crippen molar-refractivity contribution in [1.82, 2.24) is 0 Å². The highest BCUT2D eigenvalue weighted by atomic mass is 19.1. The third-order valence-corrected chi connectivity index (χ3v) is 3.12. The van der Waals surface area contributed by atoms with E-state index in [1.807, 2.05) is 0 Å². The summed E-state index contributed by atoms with van der Waals surface area (Å²) in [5.41, 5.74) is -1.66. The van der Waals surface area contributed by atoms with Crippen molar-refractivity contribution in [2.24, 2.45) is 5.41 Å². The average Bonchev–Trinajstić information content (AvgIpc) is 2.36. The van der Waals surface area contributed by atoms with Gasteiger partial charge in [-0.05, 0) is 25.5 Å². The van der Waals surface area contributed by atoms with Crippen molar-refractivity contribution in [3.8, 4) is 6.07 Å². The molecule has 0 aliphatic heterocycles. The summed E-state index contributed by atoms with van der Waals surface area (Å²) in [5.74, 6) is -2.88. The predicted molar refractivity (Wildman–Crippen MR) is 65.6 cm³/mol. The molecule has 2 N–H and O–H groups in total. The number of carboxylic acid groups (broad SMARTS) is 1. The number of hydrogen-bond acceptors (Lipinski definition) is 3. The topological polar surface area (TPSA) is 73.1 Å². The number of rotatable bonds is 5. The van der Waals surface area contributed by atoms with Crippen LogP contribution in [0.15, 0.2) is 12.1 Å². The lowest BCUT2D eigenvalue weighted by atomic mass is 9.87. The maximum absolute atomic E-state index is 13.6. The van der Waals surface area contributed by atoms with Crippen LogP contribution in [0.25, 0.3) is 0 Å². The van der Waals surface area contributed by atoms with Crippen LogP contribution in [0.1, 0.15) is 25.8 Å². The van der Waals surface area contributed by atoms with Gasteiger partial charge >= 0.3 is 5.97 Å². The van der Waals surface area contributed by atoms with Crippen molar-refractivity contribution in [3.05, 3.63) is 29.3 Å². The number of halogens is 2. The van der Waals surface area contributed by atoms with E-state index < -0.39 is 28.7 Å². The van der Waals surface area contributed by atoms with Gasteiger partial charge in [-0.3, -0.25) is 4.79 Å². The second-order valence-corrected chi connectivity index (χ2v) is 4.50. The SMILES string of the molecule is CCC(C)(CNc1c(F)cc(C#N)cc1F)C(=O)O. The molecule has 0 saturated heterocycles. The minimum absolute atomic E-state index is 0.113. The Morgan fingerprint density at radius 1 is 1.47 bits per heavy atom. The first-order valence-electron chi connectivity index (χ1n) is 5.70. The quantitative estimate of drug-likeness (QED) is 0.861. The molecule has 1 atom stereocenters. The summed E-state index contributed by atoms with van der Waals surface area (Å²) < 4.78 is 27.2. The third kappa shape index (κ3) is 3.19. The lowest BCUT2D eigenvalue weighted by molar-refractivity contribution is -0.147. The third-order valence-electron chi connectivity index (χ3n) is 3.12. The van der Waals surface area contributed by atoms with Gasteiger partial charge in [0.15, 0.2) is 11.6 Å². The fraction of sp³-hybridized carbons (Fsp3) is 0.385. The Hall–Kier alpha value is -2.16. The highest BCUT2D eigenvalue weighted by Gasteiger charge is 2.31. The van der Waals surface area contributed by atoms with E-state index >= 15 is 0 Å². The zero-order valence-electron chi connectivity index (χ0n) is 10.6. The number of hydrogen-bond donors (Lipinski definition) is 2. The van der Waals surface area contributed by atoms with Crippen molar-refractivity contribution in [3.63, 3.8) is 0 Å². The Kier molecular flexibility index (Phi) is 4.43. The van der Waals surface area contributed by atoms with E-state index in [-0.39, 0.29) is 12.1 Å². The van der Waals surface area contributed by atoms with E-state index in [9.17, 15) is 13.6 Å². The first-order valence-corrected chi connectivity index (χ1v) is 5.70. The smallest absolute Gasteiger partial charge is 0.311 e. The molecule has 0 bridgehead atoms. The average molecular weight is 268 g/mol. The van der Waals surface area contributed by atoms with Crippen LogP contribution in [0.5, 0.6) is 0 Å². The fourth-order valence-electron chi connectivity index (χ4n) is 1.44. The minimum Gasteiger partial charge on any atom is -0.481 e. The first-order chi connectivity index (χ1) is 8.84. The number of carboxylic acids is 1. The van der Waals surface area contributed by atoms with Crippen LogP contribution in [0, 0.1) is 28.4 Å². The van der Waals surface area contributed by atoms with Crippen LogP contribution in [0.4, 0.5) is 14.5 Å². The van der Waals surface area contributed by atoms with Gasteiger partial charge in [0.05, 0.1) is 17.0 Å². The van der Waals surface area contributed by atoms with E-state index in [2.05, 4.69) is 5.32 Å². The van der Waals surface area contributed by atoms with Gasteiger partial charge in [0.2, 0.25) is 0 Å². The molecule has 0 heterocycles. The molecule has 4 nitrogen and oxygen atoms in total. The molecule has 1 rings (SSSR count). The zero-order chi connectivity index (χ0) is 14.6. The molecule has 0 aliphatic carbocycles. The molecule has 102 valence electrons. The Bertz CT molecular complexity index is 517. The Balaban J connectivity index is 2.96. The lowest BCUT2D eigenvalue weighted by Crippen LogP contribution is -2.34. The van der Waals surface area contributed by atoms with E-state index in [1.54, 1.807) is 13.0 Å². The fourth-order valence-corrected chi connectivity index (χ4v) is 1.44. The maximum Gasteiger partial charge on any atom is 0.311 e. The molecule has 0 fully saturated rings. The van der Waals surface area contributed by atoms with Gasteiger partial charge in [-0.1, -0.05) is 6.92 Å². The second-order valence-electron chi connectivity index (χ2n) is 4.50. The standard InChI is InChI=1S/C13H14F2N2O2/c1-3-13(2,12(18)19)7-17-11-9(14)4-8(6-16)5-10(11)15/h4-5,17H,3,7H2,1-2H3,(H,18,19). The van der Waals surface area contributed by atoms with E-state index in [1.165, 1.54) is 6.92 Å². The summed E-state index contributed by atoms with van der Waals surface area (Å²) >= 11 is 0. The summed E-state index contributed by atoms with van der Waals surface area (Å²) in [7, 11) is 0. The summed E-state index contributed by atoms with van der Waals surface area (Å²) in [5, 5.41) is 20.1. The van der Waals surface area contributed by atoms with Gasteiger partial charge in [-0.15, -0.1) is 0 Å². The van der Waals surface area contributed by atoms with Crippen LogP contribution in [-0.2, 0) is 4.79 Å². The first kappa shape index (κ1) is 14.9. The molecule has 6 heteroatoms. The number of anilines is 1. The Morgan fingerprint density at radius 2 is 2.00 bits per heavy atom. The number of nitriles is 1. The number of nitrogens with zero attached hydrogens (tertiary/aromatic N) is 1. The van der Waals surface area contributed by atoms with Crippen molar-refractivity contribution in [2.75, 3.05) is 11.9 Å². The summed E-state index contributed by atoms with van der Waals surface area (Å²) in [6.45, 7) is 3.06. The van der Waals surface area contributed by atoms with Crippen molar-refractivity contribution in [2.45, 2.75) is 20.3 Å². The van der Waals surface area contributed by atoms with Crippen LogP contribution in [0.3, 0.4) is 0 Å². The number of aliphatic carboxylic acids is 1. The van der Waals surface area contributed by atoms with E-state index in [0.29, 0.717) is 6.42 Å². The highest BCUT2D eigenvalue weighted by Crippen LogP contribution is 2.25. The largest absolute Gasteiger partial charge is 0.481 e. The molecule has 0 radical (unpaired) electrons. The number of carbonyl (C=O) groups is 1. The number of benzene rings is 1. The van der Waals surface area contributed by atoms with Crippen molar-refractivity contribution >= 4 is 11.7 Å². The molecule has 1 unspecified atom stereocenters. The lowest BCUT2D eigenvalue weighted by Gasteiger charge is -2.24. The van der Waals surface area contributed by atoms with Gasteiger partial charge < -0.3 is 10.4 Å². The highest BCUT2D eigenvalue weighted by molar-refractivity contribution is 5.75. The van der Waals surface area contributed by atoms with Crippen molar-refractivity contribution < 1.29 is 18.7 Å². The molecule has 1 aromatic rings. The van der Waals surface area contributed by atoms with Gasteiger partial charge in [0.25, 0.3) is 0 Å². The molecular weight excluding hydrogens is 254 g/mol. The van der Waals surface area contributed by atoms with Crippen molar-refractivity contribution in [1.29, 1.82) is 5.26 Å². The summed E-state index contributed by atoms with van der Waals surface area (Å²) in [4.78, 5) is 11.1. The summed E-state index contributed by atoms with van der Waals surface area (Å²) in [6, 6.07) is 3.43. The molecule has 0 aliphatic rings. The van der Waals surface area contributed by atoms with Crippen LogP contribution in [0.2, 0.25) is 0 Å². The van der Waals surface area contributed by atoms with E-state index in [4.69, 9.17) is 10.4 Å². The van der Waals surface area contributed by atoms with Gasteiger partial charge in [-0.25, -0.2) is 8.78 Å². The summed E-state index contributed by atoms with van der Waals surface area (Å²) in [6.07, 6.45) is 0.314. The monoisotopic (exact) mass is 268 g/mol. The molecule has 19 heavy (non-hydrogen) atoms. The Morgan fingerprint density at radius 3 is 2.37 bits per heavy atom. The predicted octanol–water partition coefficient (Wildman–Crippen LogP) is 2.75. The molecule has 0 spiro atoms. The van der Waals surface area contributed by atoms with Crippen LogP contribution < -0.4 is 5.32 Å². The van der Waals surface area contributed by atoms with Gasteiger partial charge in [0.1, 0.15) is 5.69 Å². The van der Waals surface area contributed by atoms with Crippen LogP contribution in [-0.4, -0.2) is 17.6 Å².